The van der Waals surface area contributed by atoms with Gasteiger partial charge < -0.3 is 15.2 Å². The highest BCUT2D eigenvalue weighted by molar-refractivity contribution is 6.30. The van der Waals surface area contributed by atoms with Crippen LogP contribution in [0.2, 0.25) is 5.02 Å². The monoisotopic (exact) mass is 241 g/mol. The maximum absolute atomic E-state index is 11.2. The summed E-state index contributed by atoms with van der Waals surface area (Å²) in [6, 6.07) is 7.00. The van der Waals surface area contributed by atoms with E-state index in [2.05, 4.69) is 5.32 Å². The molecule has 0 spiro atoms. The van der Waals surface area contributed by atoms with E-state index in [0.29, 0.717) is 23.7 Å². The molecule has 4 nitrogen and oxygen atoms in total. The average Bonchev–Trinajstić information content (AvgIpc) is 2.67. The predicted molar refractivity (Wildman–Crippen MR) is 60.9 cm³/mol. The Labute approximate surface area is 98.2 Å². The molecule has 2 rings (SSSR count). The topological polar surface area (TPSA) is 58.6 Å². The quantitative estimate of drug-likeness (QED) is 0.850. The molecule has 16 heavy (non-hydrogen) atoms. The van der Waals surface area contributed by atoms with Gasteiger partial charge in [0, 0.05) is 23.7 Å². The van der Waals surface area contributed by atoms with Crippen molar-refractivity contribution in [1.82, 2.24) is 0 Å². The molecule has 1 atom stereocenters. The molecule has 1 unspecified atom stereocenters. The number of benzene rings is 1. The lowest BCUT2D eigenvalue weighted by Gasteiger charge is -2.25. The number of hydrogen-bond donors (Lipinski definition) is 2. The molecular formula is C11H12ClNO3. The number of rotatable bonds is 3. The van der Waals surface area contributed by atoms with Crippen LogP contribution in [0.15, 0.2) is 24.3 Å². The van der Waals surface area contributed by atoms with Crippen molar-refractivity contribution in [3.05, 3.63) is 29.3 Å². The molecule has 2 N–H and O–H groups in total. The van der Waals surface area contributed by atoms with Crippen molar-refractivity contribution >= 4 is 23.3 Å². The zero-order valence-corrected chi connectivity index (χ0v) is 9.33. The van der Waals surface area contributed by atoms with E-state index in [4.69, 9.17) is 16.3 Å². The fraction of sp³-hybridized carbons (Fsp3) is 0.364. The fourth-order valence-corrected chi connectivity index (χ4v) is 1.92. The largest absolute Gasteiger partial charge is 0.479 e. The highest BCUT2D eigenvalue weighted by Crippen LogP contribution is 2.26. The second-order valence-electron chi connectivity index (χ2n) is 3.83. The summed E-state index contributed by atoms with van der Waals surface area (Å²) in [4.78, 5) is 11.2. The molecule has 0 aromatic heterocycles. The van der Waals surface area contributed by atoms with Crippen molar-refractivity contribution in [3.63, 3.8) is 0 Å². The Bertz CT molecular complexity index is 402. The van der Waals surface area contributed by atoms with Gasteiger partial charge in [0.1, 0.15) is 0 Å². The molecule has 1 aromatic rings. The van der Waals surface area contributed by atoms with E-state index < -0.39 is 11.5 Å². The first-order valence-corrected chi connectivity index (χ1v) is 5.35. The van der Waals surface area contributed by atoms with Crippen LogP contribution in [0.5, 0.6) is 0 Å². The van der Waals surface area contributed by atoms with E-state index in [1.807, 2.05) is 0 Å². The SMILES string of the molecule is O=C(O)C1(Nc2cccc(Cl)c2)CCOC1. The van der Waals surface area contributed by atoms with Gasteiger partial charge in [-0.05, 0) is 18.2 Å². The molecule has 1 aliphatic heterocycles. The Morgan fingerprint density at radius 3 is 2.94 bits per heavy atom. The summed E-state index contributed by atoms with van der Waals surface area (Å²) in [7, 11) is 0. The number of nitrogens with one attached hydrogen (secondary N) is 1. The lowest BCUT2D eigenvalue weighted by molar-refractivity contribution is -0.142. The number of hydrogen-bond acceptors (Lipinski definition) is 3. The van der Waals surface area contributed by atoms with Crippen LogP contribution < -0.4 is 5.32 Å². The second-order valence-corrected chi connectivity index (χ2v) is 4.26. The van der Waals surface area contributed by atoms with Gasteiger partial charge >= 0.3 is 5.97 Å². The smallest absolute Gasteiger partial charge is 0.331 e. The molecule has 1 fully saturated rings. The molecule has 0 radical (unpaired) electrons. The summed E-state index contributed by atoms with van der Waals surface area (Å²) in [6.45, 7) is 0.634. The summed E-state index contributed by atoms with van der Waals surface area (Å²) < 4.78 is 5.15. The second kappa shape index (κ2) is 4.31. The first-order chi connectivity index (χ1) is 7.62. The Kier molecular flexibility index (Phi) is 3.03. The zero-order chi connectivity index (χ0) is 11.6. The van der Waals surface area contributed by atoms with Crippen molar-refractivity contribution in [3.8, 4) is 0 Å². The van der Waals surface area contributed by atoms with Gasteiger partial charge in [-0.3, -0.25) is 0 Å². The average molecular weight is 242 g/mol. The number of ether oxygens (including phenoxy) is 1. The normalized spacial score (nSPS) is 24.3. The maximum Gasteiger partial charge on any atom is 0.331 e. The van der Waals surface area contributed by atoms with Gasteiger partial charge in [0.25, 0.3) is 0 Å². The number of carboxylic acid groups (broad SMARTS) is 1. The third kappa shape index (κ3) is 2.13. The van der Waals surface area contributed by atoms with Crippen LogP contribution in [0.1, 0.15) is 6.42 Å². The van der Waals surface area contributed by atoms with Gasteiger partial charge in [-0.2, -0.15) is 0 Å². The van der Waals surface area contributed by atoms with Crippen LogP contribution in [-0.2, 0) is 9.53 Å². The van der Waals surface area contributed by atoms with Gasteiger partial charge in [0.05, 0.1) is 6.61 Å². The Balaban J connectivity index is 2.21. The van der Waals surface area contributed by atoms with Gasteiger partial charge in [0.2, 0.25) is 0 Å². The van der Waals surface area contributed by atoms with E-state index in [9.17, 15) is 9.90 Å². The van der Waals surface area contributed by atoms with Crippen molar-refractivity contribution in [1.29, 1.82) is 0 Å². The number of anilines is 1. The van der Waals surface area contributed by atoms with Gasteiger partial charge in [-0.25, -0.2) is 4.79 Å². The minimum Gasteiger partial charge on any atom is -0.479 e. The summed E-state index contributed by atoms with van der Waals surface area (Å²) in [6.07, 6.45) is 0.453. The fourth-order valence-electron chi connectivity index (χ4n) is 1.73. The summed E-state index contributed by atoms with van der Waals surface area (Å²) >= 11 is 5.84. The molecule has 0 amide bonds. The van der Waals surface area contributed by atoms with Crippen LogP contribution in [0.3, 0.4) is 0 Å². The van der Waals surface area contributed by atoms with Crippen molar-refractivity contribution in [2.45, 2.75) is 12.0 Å². The van der Waals surface area contributed by atoms with Crippen molar-refractivity contribution in [2.24, 2.45) is 0 Å². The third-order valence-corrected chi connectivity index (χ3v) is 2.87. The van der Waals surface area contributed by atoms with E-state index in [0.717, 1.165) is 0 Å². The lowest BCUT2D eigenvalue weighted by atomic mass is 9.98. The molecule has 1 saturated heterocycles. The molecule has 1 aliphatic rings. The Morgan fingerprint density at radius 2 is 2.38 bits per heavy atom. The summed E-state index contributed by atoms with van der Waals surface area (Å²) in [5, 5.41) is 12.8. The molecule has 0 aliphatic carbocycles. The molecule has 5 heteroatoms. The van der Waals surface area contributed by atoms with Gasteiger partial charge in [-0.1, -0.05) is 17.7 Å². The van der Waals surface area contributed by atoms with E-state index >= 15 is 0 Å². The molecule has 0 bridgehead atoms. The van der Waals surface area contributed by atoms with E-state index in [1.165, 1.54) is 0 Å². The summed E-state index contributed by atoms with van der Waals surface area (Å²) in [5.74, 6) is -0.898. The molecule has 1 heterocycles. The number of halogens is 1. The van der Waals surface area contributed by atoms with Gasteiger partial charge in [0.15, 0.2) is 5.54 Å². The first kappa shape index (κ1) is 11.2. The molecule has 0 saturated carbocycles. The minimum absolute atomic E-state index is 0.175. The Morgan fingerprint density at radius 1 is 1.56 bits per heavy atom. The zero-order valence-electron chi connectivity index (χ0n) is 8.57. The number of carboxylic acids is 1. The minimum atomic E-state index is -1.02. The van der Waals surface area contributed by atoms with Crippen molar-refractivity contribution in [2.75, 3.05) is 18.5 Å². The molecule has 1 aromatic carbocycles. The highest BCUT2D eigenvalue weighted by atomic mass is 35.5. The predicted octanol–water partition coefficient (Wildman–Crippen LogP) is 2.00. The van der Waals surface area contributed by atoms with Crippen LogP contribution in [0.25, 0.3) is 0 Å². The lowest BCUT2D eigenvalue weighted by Crippen LogP contribution is -2.47. The van der Waals surface area contributed by atoms with Crippen LogP contribution in [0, 0.1) is 0 Å². The van der Waals surface area contributed by atoms with E-state index in [1.54, 1.807) is 24.3 Å². The summed E-state index contributed by atoms with van der Waals surface area (Å²) in [5.41, 5.74) is -0.328. The van der Waals surface area contributed by atoms with Crippen LogP contribution in [-0.4, -0.2) is 29.8 Å². The van der Waals surface area contributed by atoms with Gasteiger partial charge in [-0.15, -0.1) is 0 Å². The maximum atomic E-state index is 11.2. The van der Waals surface area contributed by atoms with Crippen LogP contribution in [0.4, 0.5) is 5.69 Å². The Hall–Kier alpha value is -1.26. The van der Waals surface area contributed by atoms with Crippen LogP contribution >= 0.6 is 11.6 Å². The third-order valence-electron chi connectivity index (χ3n) is 2.64. The van der Waals surface area contributed by atoms with E-state index in [-0.39, 0.29) is 6.61 Å². The first-order valence-electron chi connectivity index (χ1n) is 4.97. The standard InChI is InChI=1S/C11H12ClNO3/c12-8-2-1-3-9(6-8)13-11(10(14)15)4-5-16-7-11/h1-3,6,13H,4-5,7H2,(H,14,15). The number of carbonyl (C=O) groups is 1. The van der Waals surface area contributed by atoms with Crippen molar-refractivity contribution < 1.29 is 14.6 Å². The highest BCUT2D eigenvalue weighted by Gasteiger charge is 2.42. The molecular weight excluding hydrogens is 230 g/mol. The number of aliphatic carboxylic acids is 1. The molecule has 86 valence electrons.